The first-order valence-corrected chi connectivity index (χ1v) is 8.73. The number of rotatable bonds is 7. The van der Waals surface area contributed by atoms with E-state index in [1.54, 1.807) is 27.2 Å². The lowest BCUT2D eigenvalue weighted by Crippen LogP contribution is -2.27. The quantitative estimate of drug-likeness (QED) is 0.578. The number of nitrogens with zero attached hydrogens (tertiary/aromatic N) is 1. The fourth-order valence-electron chi connectivity index (χ4n) is 2.97. The monoisotopic (exact) mass is 369 g/mol. The fourth-order valence-corrected chi connectivity index (χ4v) is 2.97. The van der Waals surface area contributed by atoms with Crippen molar-refractivity contribution in [3.63, 3.8) is 0 Å². The molecule has 0 spiro atoms. The van der Waals surface area contributed by atoms with Gasteiger partial charge in [-0.1, -0.05) is 17.7 Å². The number of ether oxygens (including phenoxy) is 2. The van der Waals surface area contributed by atoms with Crippen molar-refractivity contribution in [2.45, 2.75) is 27.7 Å². The lowest BCUT2D eigenvalue weighted by molar-refractivity contribution is -0.119. The molecule has 0 aliphatic heterocycles. The SMILES string of the molecule is COc1ccc(OC)c(/C(C)=N\NC(=O)CNc2c(C)cc(C)cc2C)c1. The molecule has 144 valence electrons. The van der Waals surface area contributed by atoms with Gasteiger partial charge in [0.05, 0.1) is 26.5 Å². The van der Waals surface area contributed by atoms with E-state index in [1.807, 2.05) is 26.0 Å². The van der Waals surface area contributed by atoms with E-state index in [2.05, 4.69) is 34.9 Å². The average Bonchev–Trinajstić information content (AvgIpc) is 2.64. The van der Waals surface area contributed by atoms with Gasteiger partial charge in [0, 0.05) is 11.3 Å². The zero-order chi connectivity index (χ0) is 20.0. The molecule has 27 heavy (non-hydrogen) atoms. The van der Waals surface area contributed by atoms with Crippen molar-refractivity contribution >= 4 is 17.3 Å². The third-order valence-electron chi connectivity index (χ3n) is 4.25. The molecule has 6 nitrogen and oxygen atoms in total. The number of methoxy groups -OCH3 is 2. The highest BCUT2D eigenvalue weighted by Gasteiger charge is 2.10. The summed E-state index contributed by atoms with van der Waals surface area (Å²) in [5.41, 5.74) is 8.37. The number of carbonyl (C=O) groups is 1. The molecule has 1 amide bonds. The van der Waals surface area contributed by atoms with Crippen molar-refractivity contribution in [1.82, 2.24) is 5.43 Å². The van der Waals surface area contributed by atoms with Gasteiger partial charge in [0.1, 0.15) is 11.5 Å². The maximum absolute atomic E-state index is 12.2. The smallest absolute Gasteiger partial charge is 0.259 e. The summed E-state index contributed by atoms with van der Waals surface area (Å²) >= 11 is 0. The van der Waals surface area contributed by atoms with E-state index >= 15 is 0 Å². The number of hydrogen-bond donors (Lipinski definition) is 2. The van der Waals surface area contributed by atoms with Crippen molar-refractivity contribution in [3.05, 3.63) is 52.6 Å². The Balaban J connectivity index is 2.04. The molecule has 0 saturated heterocycles. The molecule has 0 unspecified atom stereocenters. The van der Waals surface area contributed by atoms with Gasteiger partial charge in [-0.25, -0.2) is 5.43 Å². The minimum atomic E-state index is -0.226. The summed E-state index contributed by atoms with van der Waals surface area (Å²) in [4.78, 5) is 12.2. The largest absolute Gasteiger partial charge is 0.497 e. The molecule has 0 fully saturated rings. The number of carbonyl (C=O) groups excluding carboxylic acids is 1. The van der Waals surface area contributed by atoms with Gasteiger partial charge in [0.15, 0.2) is 0 Å². The second-order valence-electron chi connectivity index (χ2n) is 6.43. The Bertz CT molecular complexity index is 837. The molecule has 2 N–H and O–H groups in total. The molecule has 0 heterocycles. The first kappa shape index (κ1) is 20.3. The summed E-state index contributed by atoms with van der Waals surface area (Å²) in [7, 11) is 3.19. The Morgan fingerprint density at radius 1 is 1.04 bits per heavy atom. The molecular weight excluding hydrogens is 342 g/mol. The molecule has 0 aliphatic carbocycles. The van der Waals surface area contributed by atoms with E-state index in [-0.39, 0.29) is 12.5 Å². The highest BCUT2D eigenvalue weighted by molar-refractivity contribution is 6.02. The van der Waals surface area contributed by atoms with E-state index in [9.17, 15) is 4.79 Å². The van der Waals surface area contributed by atoms with Crippen molar-refractivity contribution < 1.29 is 14.3 Å². The Labute approximate surface area is 160 Å². The Morgan fingerprint density at radius 2 is 1.70 bits per heavy atom. The lowest BCUT2D eigenvalue weighted by Gasteiger charge is -2.13. The van der Waals surface area contributed by atoms with Crippen molar-refractivity contribution in [1.29, 1.82) is 0 Å². The lowest BCUT2D eigenvalue weighted by atomic mass is 10.1. The maximum atomic E-state index is 12.2. The normalized spacial score (nSPS) is 11.1. The number of aryl methyl sites for hydroxylation is 3. The van der Waals surface area contributed by atoms with Crippen LogP contribution in [0.4, 0.5) is 5.69 Å². The first-order valence-electron chi connectivity index (χ1n) is 8.73. The summed E-state index contributed by atoms with van der Waals surface area (Å²) in [5, 5.41) is 7.38. The van der Waals surface area contributed by atoms with Crippen LogP contribution in [0.5, 0.6) is 11.5 Å². The molecule has 2 aromatic carbocycles. The second kappa shape index (κ2) is 9.07. The number of nitrogens with one attached hydrogen (secondary N) is 2. The van der Waals surface area contributed by atoms with Gasteiger partial charge in [-0.3, -0.25) is 4.79 Å². The molecule has 0 aliphatic rings. The van der Waals surface area contributed by atoms with E-state index in [1.165, 1.54) is 5.56 Å². The molecule has 0 atom stereocenters. The number of anilines is 1. The van der Waals surface area contributed by atoms with Gasteiger partial charge >= 0.3 is 0 Å². The van der Waals surface area contributed by atoms with Crippen LogP contribution in [-0.2, 0) is 4.79 Å². The standard InChI is InChI=1S/C21H27N3O3/c1-13-9-14(2)21(15(3)10-13)22-12-20(25)24-23-16(4)18-11-17(26-5)7-8-19(18)27-6/h7-11,22H,12H2,1-6H3,(H,24,25)/b23-16-. The Hall–Kier alpha value is -3.02. The highest BCUT2D eigenvalue weighted by Crippen LogP contribution is 2.24. The molecular formula is C21H27N3O3. The predicted molar refractivity (Wildman–Crippen MR) is 109 cm³/mol. The Morgan fingerprint density at radius 3 is 2.30 bits per heavy atom. The van der Waals surface area contributed by atoms with Crippen LogP contribution in [0.3, 0.4) is 0 Å². The van der Waals surface area contributed by atoms with Gasteiger partial charge < -0.3 is 14.8 Å². The van der Waals surface area contributed by atoms with Crippen molar-refractivity contribution in [2.24, 2.45) is 5.10 Å². The first-order chi connectivity index (χ1) is 12.8. The minimum absolute atomic E-state index is 0.136. The van der Waals surface area contributed by atoms with E-state index < -0.39 is 0 Å². The van der Waals surface area contributed by atoms with Crippen LogP contribution < -0.4 is 20.2 Å². The zero-order valence-corrected chi connectivity index (χ0v) is 16.8. The topological polar surface area (TPSA) is 72.0 Å². The minimum Gasteiger partial charge on any atom is -0.497 e. The summed E-state index contributed by atoms with van der Waals surface area (Å²) in [6.07, 6.45) is 0. The van der Waals surface area contributed by atoms with Gasteiger partial charge in [0.25, 0.3) is 5.91 Å². The van der Waals surface area contributed by atoms with Crippen LogP contribution >= 0.6 is 0 Å². The molecule has 0 saturated carbocycles. The van der Waals surface area contributed by atoms with Crippen molar-refractivity contribution in [3.8, 4) is 11.5 Å². The third kappa shape index (κ3) is 5.23. The second-order valence-corrected chi connectivity index (χ2v) is 6.43. The molecule has 6 heteroatoms. The van der Waals surface area contributed by atoms with E-state index in [0.29, 0.717) is 17.2 Å². The van der Waals surface area contributed by atoms with Crippen LogP contribution in [0.2, 0.25) is 0 Å². The number of amides is 1. The Kier molecular flexibility index (Phi) is 6.82. The van der Waals surface area contributed by atoms with Gasteiger partial charge in [-0.05, 0) is 57.0 Å². The number of hydrazone groups is 1. The summed E-state index contributed by atoms with van der Waals surface area (Å²) in [6.45, 7) is 8.05. The fraction of sp³-hybridized carbons (Fsp3) is 0.333. The molecule has 2 aromatic rings. The van der Waals surface area contributed by atoms with E-state index in [4.69, 9.17) is 9.47 Å². The predicted octanol–water partition coefficient (Wildman–Crippen LogP) is 3.58. The van der Waals surface area contributed by atoms with Crippen LogP contribution in [0.1, 0.15) is 29.2 Å². The summed E-state index contributed by atoms with van der Waals surface area (Å²) in [6, 6.07) is 9.61. The van der Waals surface area contributed by atoms with Crippen LogP contribution in [0.15, 0.2) is 35.4 Å². The van der Waals surface area contributed by atoms with E-state index in [0.717, 1.165) is 22.4 Å². The summed E-state index contributed by atoms with van der Waals surface area (Å²) < 4.78 is 10.6. The molecule has 0 aromatic heterocycles. The average molecular weight is 369 g/mol. The summed E-state index contributed by atoms with van der Waals surface area (Å²) in [5.74, 6) is 1.13. The highest BCUT2D eigenvalue weighted by atomic mass is 16.5. The molecule has 0 bridgehead atoms. The molecule has 0 radical (unpaired) electrons. The third-order valence-corrected chi connectivity index (χ3v) is 4.25. The van der Waals surface area contributed by atoms with Crippen LogP contribution in [-0.4, -0.2) is 32.4 Å². The zero-order valence-electron chi connectivity index (χ0n) is 16.8. The maximum Gasteiger partial charge on any atom is 0.259 e. The van der Waals surface area contributed by atoms with Crippen LogP contribution in [0.25, 0.3) is 0 Å². The van der Waals surface area contributed by atoms with Gasteiger partial charge in [-0.15, -0.1) is 0 Å². The van der Waals surface area contributed by atoms with Crippen LogP contribution in [0, 0.1) is 20.8 Å². The molecule has 2 rings (SSSR count). The van der Waals surface area contributed by atoms with Crippen molar-refractivity contribution in [2.75, 3.05) is 26.1 Å². The van der Waals surface area contributed by atoms with Gasteiger partial charge in [-0.2, -0.15) is 5.10 Å². The number of hydrogen-bond acceptors (Lipinski definition) is 5. The number of benzene rings is 2. The van der Waals surface area contributed by atoms with Gasteiger partial charge in [0.2, 0.25) is 0 Å².